The zero-order chi connectivity index (χ0) is 6.69. The molecule has 1 aliphatic rings. The van der Waals surface area contributed by atoms with Gasteiger partial charge in [-0.1, -0.05) is 0 Å². The number of allylic oxidation sites excluding steroid dienone is 1. The van der Waals surface area contributed by atoms with E-state index in [1.165, 1.54) is 6.34 Å². The normalized spacial score (nSPS) is 17.6. The van der Waals surface area contributed by atoms with Gasteiger partial charge in [0.15, 0.2) is 0 Å². The average molecular weight is 123 g/mol. The highest BCUT2D eigenvalue weighted by molar-refractivity contribution is 5.73. The Kier molecular flexibility index (Phi) is 1.63. The van der Waals surface area contributed by atoms with Gasteiger partial charge in [-0.15, -0.1) is 0 Å². The van der Waals surface area contributed by atoms with Crippen LogP contribution in [0.4, 0.5) is 0 Å². The Morgan fingerprint density at radius 2 is 2.22 bits per heavy atom. The predicted octanol–water partition coefficient (Wildman–Crippen LogP) is 0.850. The molecule has 0 atom stereocenters. The summed E-state index contributed by atoms with van der Waals surface area (Å²) in [5, 5.41) is 0. The highest BCUT2D eigenvalue weighted by Crippen LogP contribution is 1.98. The quantitative estimate of drug-likeness (QED) is 0.469. The second kappa shape index (κ2) is 2.44. The molecule has 1 rings (SSSR count). The maximum Gasteiger partial charge on any atom is 0.117 e. The van der Waals surface area contributed by atoms with E-state index in [-0.39, 0.29) is 0 Å². The Labute approximate surface area is 54.4 Å². The number of hydrogen-bond acceptors (Lipinski definition) is 3. The van der Waals surface area contributed by atoms with E-state index in [4.69, 9.17) is 0 Å². The van der Waals surface area contributed by atoms with E-state index in [1.807, 2.05) is 18.9 Å². The number of nitrogens with zero attached hydrogens (tertiary/aromatic N) is 3. The Bertz CT molecular complexity index is 179. The Balaban J connectivity index is 2.80. The van der Waals surface area contributed by atoms with E-state index < -0.39 is 0 Å². The second-order valence-electron chi connectivity index (χ2n) is 1.91. The van der Waals surface area contributed by atoms with E-state index in [1.54, 1.807) is 12.5 Å². The molecule has 0 amide bonds. The fourth-order valence-corrected chi connectivity index (χ4v) is 0.492. The zero-order valence-corrected chi connectivity index (χ0v) is 5.57. The smallest absolute Gasteiger partial charge is 0.117 e. The van der Waals surface area contributed by atoms with Gasteiger partial charge in [0.1, 0.15) is 6.34 Å². The molecule has 3 heteroatoms. The molecule has 9 heavy (non-hydrogen) atoms. The zero-order valence-electron chi connectivity index (χ0n) is 5.57. The summed E-state index contributed by atoms with van der Waals surface area (Å²) in [6.45, 7) is 1.98. The van der Waals surface area contributed by atoms with Crippen LogP contribution in [0.2, 0.25) is 0 Å². The monoisotopic (exact) mass is 123 g/mol. The fourth-order valence-electron chi connectivity index (χ4n) is 0.492. The fraction of sp³-hybridized carbons (Fsp3) is 0.333. The minimum absolute atomic E-state index is 1.09. The van der Waals surface area contributed by atoms with E-state index >= 15 is 0 Å². The van der Waals surface area contributed by atoms with Crippen LogP contribution in [0.5, 0.6) is 0 Å². The molecule has 0 saturated carbocycles. The van der Waals surface area contributed by atoms with Crippen molar-refractivity contribution in [2.75, 3.05) is 7.05 Å². The molecular weight excluding hydrogens is 114 g/mol. The molecule has 0 aliphatic carbocycles. The van der Waals surface area contributed by atoms with Crippen LogP contribution in [0.25, 0.3) is 0 Å². The standard InChI is InChI=1S/C6H9N3/c1-6-3-7-4-8-5-9(6)2/h3-5H,1-2H3. The van der Waals surface area contributed by atoms with Crippen LogP contribution in [-0.4, -0.2) is 24.6 Å². The van der Waals surface area contributed by atoms with Crippen LogP contribution in [-0.2, 0) is 0 Å². The van der Waals surface area contributed by atoms with E-state index in [2.05, 4.69) is 9.98 Å². The van der Waals surface area contributed by atoms with Crippen molar-refractivity contribution in [2.45, 2.75) is 6.92 Å². The molecule has 0 unspecified atom stereocenters. The molecule has 0 radical (unpaired) electrons. The van der Waals surface area contributed by atoms with Gasteiger partial charge in [-0.2, -0.15) is 0 Å². The van der Waals surface area contributed by atoms with Crippen molar-refractivity contribution in [3.05, 3.63) is 11.9 Å². The van der Waals surface area contributed by atoms with E-state index in [0.29, 0.717) is 0 Å². The van der Waals surface area contributed by atoms with Gasteiger partial charge in [0.05, 0.1) is 6.34 Å². The minimum Gasteiger partial charge on any atom is -0.338 e. The predicted molar refractivity (Wildman–Crippen MR) is 38.5 cm³/mol. The van der Waals surface area contributed by atoms with Crippen molar-refractivity contribution in [1.82, 2.24) is 4.90 Å². The summed E-state index contributed by atoms with van der Waals surface area (Å²) in [5.74, 6) is 0. The van der Waals surface area contributed by atoms with Crippen molar-refractivity contribution in [1.29, 1.82) is 0 Å². The van der Waals surface area contributed by atoms with E-state index in [0.717, 1.165) is 5.70 Å². The molecule has 0 bridgehead atoms. The molecule has 3 nitrogen and oxygen atoms in total. The van der Waals surface area contributed by atoms with Crippen molar-refractivity contribution < 1.29 is 0 Å². The highest BCUT2D eigenvalue weighted by Gasteiger charge is 1.93. The van der Waals surface area contributed by atoms with Gasteiger partial charge in [-0.25, -0.2) is 9.98 Å². The average Bonchev–Trinajstić information content (AvgIpc) is 1.99. The third-order valence-electron chi connectivity index (χ3n) is 1.19. The lowest BCUT2D eigenvalue weighted by Crippen LogP contribution is -2.11. The van der Waals surface area contributed by atoms with E-state index in [9.17, 15) is 0 Å². The van der Waals surface area contributed by atoms with Crippen molar-refractivity contribution in [3.8, 4) is 0 Å². The van der Waals surface area contributed by atoms with Crippen molar-refractivity contribution in [2.24, 2.45) is 9.98 Å². The molecule has 0 N–H and O–H groups in total. The maximum absolute atomic E-state index is 3.88. The number of aliphatic imine (C=N–C) groups is 2. The molecule has 0 aromatic heterocycles. The summed E-state index contributed by atoms with van der Waals surface area (Å²) in [7, 11) is 1.93. The largest absolute Gasteiger partial charge is 0.338 e. The van der Waals surface area contributed by atoms with Gasteiger partial charge < -0.3 is 4.90 Å². The number of rotatable bonds is 0. The molecule has 1 heterocycles. The first-order valence-corrected chi connectivity index (χ1v) is 2.75. The van der Waals surface area contributed by atoms with Gasteiger partial charge in [0, 0.05) is 18.9 Å². The number of hydrogen-bond donors (Lipinski definition) is 0. The van der Waals surface area contributed by atoms with Crippen LogP contribution < -0.4 is 0 Å². The lowest BCUT2D eigenvalue weighted by atomic mass is 10.5. The molecular formula is C6H9N3. The summed E-state index contributed by atoms with van der Waals surface area (Å²) in [5.41, 5.74) is 1.09. The van der Waals surface area contributed by atoms with Crippen LogP contribution in [0.1, 0.15) is 6.92 Å². The van der Waals surface area contributed by atoms with Crippen molar-refractivity contribution >= 4 is 12.7 Å². The lowest BCUT2D eigenvalue weighted by Gasteiger charge is -2.09. The third kappa shape index (κ3) is 1.38. The van der Waals surface area contributed by atoms with Gasteiger partial charge in [-0.3, -0.25) is 0 Å². The van der Waals surface area contributed by atoms with Crippen molar-refractivity contribution in [3.63, 3.8) is 0 Å². The first-order chi connectivity index (χ1) is 4.30. The Morgan fingerprint density at radius 1 is 1.44 bits per heavy atom. The second-order valence-corrected chi connectivity index (χ2v) is 1.91. The molecule has 0 aromatic rings. The first-order valence-electron chi connectivity index (χ1n) is 2.75. The summed E-state index contributed by atoms with van der Waals surface area (Å²) >= 11 is 0. The molecule has 0 spiro atoms. The first kappa shape index (κ1) is 6.01. The summed E-state index contributed by atoms with van der Waals surface area (Å²) < 4.78 is 0. The molecule has 0 fully saturated rings. The Morgan fingerprint density at radius 3 is 3.00 bits per heavy atom. The van der Waals surface area contributed by atoms with Crippen LogP contribution in [0, 0.1) is 0 Å². The molecule has 0 aromatic carbocycles. The molecule has 0 saturated heterocycles. The van der Waals surface area contributed by atoms with Crippen LogP contribution in [0.15, 0.2) is 21.9 Å². The third-order valence-corrected chi connectivity index (χ3v) is 1.19. The van der Waals surface area contributed by atoms with Gasteiger partial charge in [-0.05, 0) is 6.92 Å². The molecule has 48 valence electrons. The Hall–Kier alpha value is -1.12. The van der Waals surface area contributed by atoms with Gasteiger partial charge in [0.25, 0.3) is 0 Å². The summed E-state index contributed by atoms with van der Waals surface area (Å²) in [6.07, 6.45) is 5.02. The summed E-state index contributed by atoms with van der Waals surface area (Å²) in [6, 6.07) is 0. The van der Waals surface area contributed by atoms with Gasteiger partial charge >= 0.3 is 0 Å². The topological polar surface area (TPSA) is 28.0 Å². The van der Waals surface area contributed by atoms with Gasteiger partial charge in [0.2, 0.25) is 0 Å². The molecule has 1 aliphatic heterocycles. The van der Waals surface area contributed by atoms with Crippen LogP contribution in [0.3, 0.4) is 0 Å². The SMILES string of the molecule is CC1=CN=CN=CN1C. The maximum atomic E-state index is 3.88. The lowest BCUT2D eigenvalue weighted by molar-refractivity contribution is 0.646. The van der Waals surface area contributed by atoms with Crippen LogP contribution >= 0.6 is 0 Å². The summed E-state index contributed by atoms with van der Waals surface area (Å²) in [4.78, 5) is 9.64. The highest BCUT2D eigenvalue weighted by atomic mass is 15.1. The minimum atomic E-state index is 1.09.